The average molecular weight is 320 g/mol. The van der Waals surface area contributed by atoms with Crippen molar-refractivity contribution in [3.05, 3.63) is 35.6 Å². The molecule has 1 heterocycles. The molecule has 0 radical (unpaired) electrons. The van der Waals surface area contributed by atoms with Crippen molar-refractivity contribution >= 4 is 5.96 Å². The summed E-state index contributed by atoms with van der Waals surface area (Å²) in [6, 6.07) is 6.73. The monoisotopic (exact) mass is 320 g/mol. The zero-order valence-corrected chi connectivity index (χ0v) is 14.6. The fourth-order valence-electron chi connectivity index (χ4n) is 3.20. The van der Waals surface area contributed by atoms with E-state index in [0.29, 0.717) is 12.5 Å². The highest BCUT2D eigenvalue weighted by molar-refractivity contribution is 5.79. The van der Waals surface area contributed by atoms with Crippen LogP contribution in [0.3, 0.4) is 0 Å². The van der Waals surface area contributed by atoms with Crippen LogP contribution in [-0.4, -0.2) is 56.0 Å². The predicted octanol–water partition coefficient (Wildman–Crippen LogP) is 2.56. The Bertz CT molecular complexity index is 517. The van der Waals surface area contributed by atoms with Gasteiger partial charge in [-0.1, -0.05) is 19.1 Å². The number of aliphatic imine (C=N–C) groups is 1. The summed E-state index contributed by atoms with van der Waals surface area (Å²) in [5.41, 5.74) is 0.949. The Hall–Kier alpha value is -1.62. The molecule has 2 rings (SSSR count). The third-order valence-electron chi connectivity index (χ3n) is 4.34. The van der Waals surface area contributed by atoms with Crippen molar-refractivity contribution in [1.82, 2.24) is 15.1 Å². The molecule has 1 atom stereocenters. The Morgan fingerprint density at radius 1 is 1.48 bits per heavy atom. The van der Waals surface area contributed by atoms with Gasteiger partial charge in [0.2, 0.25) is 0 Å². The van der Waals surface area contributed by atoms with Gasteiger partial charge in [-0.3, -0.25) is 4.99 Å². The van der Waals surface area contributed by atoms with E-state index in [4.69, 9.17) is 0 Å². The molecule has 23 heavy (non-hydrogen) atoms. The predicted molar refractivity (Wildman–Crippen MR) is 94.1 cm³/mol. The first-order valence-corrected chi connectivity index (χ1v) is 8.51. The average Bonchev–Trinajstić information content (AvgIpc) is 2.96. The standard InChI is InChI=1S/C18H29FN4/c1-4-9-23-10-8-16(14-23)12-21-18(20-2)22(3)13-15-6-5-7-17(19)11-15/h5-7,11,16H,4,8-10,12-14H2,1-3H3,(H,20,21). The number of benzene rings is 1. The second-order valence-electron chi connectivity index (χ2n) is 6.37. The summed E-state index contributed by atoms with van der Waals surface area (Å²) in [5, 5.41) is 3.46. The van der Waals surface area contributed by atoms with Gasteiger partial charge in [0, 0.05) is 33.7 Å². The van der Waals surface area contributed by atoms with E-state index in [1.807, 2.05) is 18.0 Å². The molecule has 1 aliphatic rings. The van der Waals surface area contributed by atoms with E-state index in [0.717, 1.165) is 18.1 Å². The fraction of sp³-hybridized carbons (Fsp3) is 0.611. The van der Waals surface area contributed by atoms with Gasteiger partial charge in [-0.15, -0.1) is 0 Å². The lowest BCUT2D eigenvalue weighted by Gasteiger charge is -2.23. The second kappa shape index (κ2) is 8.87. The normalized spacial score (nSPS) is 19.1. The first-order chi connectivity index (χ1) is 11.1. The lowest BCUT2D eigenvalue weighted by Crippen LogP contribution is -2.41. The second-order valence-corrected chi connectivity index (χ2v) is 6.37. The smallest absolute Gasteiger partial charge is 0.193 e. The van der Waals surface area contributed by atoms with Crippen LogP contribution in [0.25, 0.3) is 0 Å². The molecule has 5 heteroatoms. The maximum Gasteiger partial charge on any atom is 0.193 e. The molecule has 0 amide bonds. The number of rotatable bonds is 6. The van der Waals surface area contributed by atoms with Crippen LogP contribution in [0.4, 0.5) is 4.39 Å². The van der Waals surface area contributed by atoms with Crippen molar-refractivity contribution in [3.8, 4) is 0 Å². The van der Waals surface area contributed by atoms with Crippen LogP contribution >= 0.6 is 0 Å². The van der Waals surface area contributed by atoms with Crippen molar-refractivity contribution in [3.63, 3.8) is 0 Å². The number of hydrogen-bond acceptors (Lipinski definition) is 2. The Balaban J connectivity index is 1.81. The molecule has 1 aliphatic heterocycles. The first kappa shape index (κ1) is 17.7. The van der Waals surface area contributed by atoms with Gasteiger partial charge >= 0.3 is 0 Å². The lowest BCUT2D eigenvalue weighted by atomic mass is 10.1. The molecule has 0 spiro atoms. The highest BCUT2D eigenvalue weighted by Gasteiger charge is 2.22. The number of nitrogens with one attached hydrogen (secondary N) is 1. The molecule has 128 valence electrons. The Morgan fingerprint density at radius 3 is 3.00 bits per heavy atom. The SMILES string of the molecule is CCCN1CCC(CNC(=NC)N(C)Cc2cccc(F)c2)C1. The van der Waals surface area contributed by atoms with Crippen LogP contribution < -0.4 is 5.32 Å². The minimum atomic E-state index is -0.194. The molecule has 1 N–H and O–H groups in total. The molecule has 1 unspecified atom stereocenters. The molecule has 0 saturated carbocycles. The van der Waals surface area contributed by atoms with Gasteiger partial charge in [0.15, 0.2) is 5.96 Å². The third-order valence-corrected chi connectivity index (χ3v) is 4.34. The maximum atomic E-state index is 13.3. The third kappa shape index (κ3) is 5.50. The van der Waals surface area contributed by atoms with Crippen LogP contribution in [0.5, 0.6) is 0 Å². The number of nitrogens with zero attached hydrogens (tertiary/aromatic N) is 3. The maximum absolute atomic E-state index is 13.3. The number of guanidine groups is 1. The van der Waals surface area contributed by atoms with Crippen molar-refractivity contribution in [2.24, 2.45) is 10.9 Å². The zero-order valence-electron chi connectivity index (χ0n) is 14.6. The van der Waals surface area contributed by atoms with Crippen molar-refractivity contribution < 1.29 is 4.39 Å². The molecular weight excluding hydrogens is 291 g/mol. The van der Waals surface area contributed by atoms with E-state index < -0.39 is 0 Å². The molecule has 0 bridgehead atoms. The van der Waals surface area contributed by atoms with E-state index in [9.17, 15) is 4.39 Å². The van der Waals surface area contributed by atoms with Gasteiger partial charge in [-0.25, -0.2) is 4.39 Å². The summed E-state index contributed by atoms with van der Waals surface area (Å²) >= 11 is 0. The van der Waals surface area contributed by atoms with Crippen LogP contribution in [0.2, 0.25) is 0 Å². The van der Waals surface area contributed by atoms with Crippen molar-refractivity contribution in [1.29, 1.82) is 0 Å². The van der Waals surface area contributed by atoms with Crippen molar-refractivity contribution in [2.45, 2.75) is 26.3 Å². The van der Waals surface area contributed by atoms with Gasteiger partial charge in [-0.2, -0.15) is 0 Å². The highest BCUT2D eigenvalue weighted by atomic mass is 19.1. The molecule has 0 aliphatic carbocycles. The molecule has 1 fully saturated rings. The van der Waals surface area contributed by atoms with E-state index in [-0.39, 0.29) is 5.82 Å². The summed E-state index contributed by atoms with van der Waals surface area (Å²) in [5.74, 6) is 1.35. The molecule has 4 nitrogen and oxygen atoms in total. The van der Waals surface area contributed by atoms with Gasteiger partial charge in [0.05, 0.1) is 0 Å². The summed E-state index contributed by atoms with van der Waals surface area (Å²) in [4.78, 5) is 8.92. The number of likely N-dealkylation sites (tertiary alicyclic amines) is 1. The largest absolute Gasteiger partial charge is 0.356 e. The van der Waals surface area contributed by atoms with Crippen LogP contribution in [-0.2, 0) is 6.54 Å². The summed E-state index contributed by atoms with van der Waals surface area (Å²) in [6.07, 6.45) is 2.47. The minimum Gasteiger partial charge on any atom is -0.356 e. The zero-order chi connectivity index (χ0) is 16.7. The lowest BCUT2D eigenvalue weighted by molar-refractivity contribution is 0.324. The van der Waals surface area contributed by atoms with Crippen LogP contribution in [0.1, 0.15) is 25.3 Å². The van der Waals surface area contributed by atoms with Crippen molar-refractivity contribution in [2.75, 3.05) is 40.3 Å². The van der Waals surface area contributed by atoms with Gasteiger partial charge in [0.1, 0.15) is 5.82 Å². The number of hydrogen-bond donors (Lipinski definition) is 1. The van der Waals surface area contributed by atoms with Gasteiger partial charge in [-0.05, 0) is 49.5 Å². The minimum absolute atomic E-state index is 0.194. The number of halogens is 1. The summed E-state index contributed by atoms with van der Waals surface area (Å²) in [7, 11) is 3.78. The molecule has 0 aromatic heterocycles. The Labute approximate surface area is 139 Å². The van der Waals surface area contributed by atoms with E-state index in [2.05, 4.69) is 22.1 Å². The van der Waals surface area contributed by atoms with Crippen LogP contribution in [0, 0.1) is 11.7 Å². The first-order valence-electron chi connectivity index (χ1n) is 8.51. The highest BCUT2D eigenvalue weighted by Crippen LogP contribution is 2.15. The molecular formula is C18H29FN4. The molecule has 1 saturated heterocycles. The summed E-state index contributed by atoms with van der Waals surface area (Å²) < 4.78 is 13.3. The topological polar surface area (TPSA) is 30.9 Å². The fourth-order valence-corrected chi connectivity index (χ4v) is 3.20. The Kier molecular flexibility index (Phi) is 6.84. The Morgan fingerprint density at radius 2 is 2.30 bits per heavy atom. The molecule has 1 aromatic rings. The quantitative estimate of drug-likeness (QED) is 0.645. The van der Waals surface area contributed by atoms with Gasteiger partial charge < -0.3 is 15.1 Å². The molecule has 1 aromatic carbocycles. The van der Waals surface area contributed by atoms with Crippen LogP contribution in [0.15, 0.2) is 29.3 Å². The van der Waals surface area contributed by atoms with E-state index in [1.54, 1.807) is 19.2 Å². The van der Waals surface area contributed by atoms with E-state index >= 15 is 0 Å². The van der Waals surface area contributed by atoms with E-state index in [1.165, 1.54) is 38.5 Å². The summed E-state index contributed by atoms with van der Waals surface area (Å²) in [6.45, 7) is 7.40. The van der Waals surface area contributed by atoms with Gasteiger partial charge in [0.25, 0.3) is 0 Å².